The van der Waals surface area contributed by atoms with Gasteiger partial charge in [-0.25, -0.2) is 21.1 Å². The number of hydrogen-bond donors (Lipinski definition) is 4. The standard InChI is InChI=1S/2C28H26N4O6S/c1-17(33)31-19-9-12-21(13-10-19)39(35,36)32-26(22-15-20(37-2)11-14-24(22)38-3)23(16-29)25(30)27(32)28(34)18-7-5-4-6-8-18;1-17(33)31-19-9-12-21(13-10-19)39(35,36)32-26(27(34)18-7-5-4-6-8-18)25(23(16-29)28(32)30)22-15-20(37-2)11-14-24(22)38-3/h4-15,26-27H,30H2,1-3H3,(H,31,33);4-15,25-26H,30H2,1-3H3,(H,31,33). The minimum Gasteiger partial charge on any atom is -0.497 e. The van der Waals surface area contributed by atoms with Crippen LogP contribution in [0.25, 0.3) is 0 Å². The summed E-state index contributed by atoms with van der Waals surface area (Å²) in [7, 11) is -3.19. The fourth-order valence-electron chi connectivity index (χ4n) is 9.11. The van der Waals surface area contributed by atoms with E-state index in [9.17, 15) is 46.5 Å². The third-order valence-corrected chi connectivity index (χ3v) is 16.3. The topological polar surface area (TPSA) is 304 Å². The predicted molar refractivity (Wildman–Crippen MR) is 287 cm³/mol. The van der Waals surface area contributed by atoms with Crippen LogP contribution in [-0.2, 0) is 29.6 Å². The van der Waals surface area contributed by atoms with Crippen LogP contribution in [0.4, 0.5) is 11.4 Å². The summed E-state index contributed by atoms with van der Waals surface area (Å²) in [6.07, 6.45) is 0. The van der Waals surface area contributed by atoms with Gasteiger partial charge in [-0.3, -0.25) is 19.2 Å². The number of Topliss-reactive ketones (excluding diaryl/α,β-unsaturated/α-hetero) is 2. The molecular formula is C56H52N8O12S2. The van der Waals surface area contributed by atoms with E-state index in [1.54, 1.807) is 97.1 Å². The van der Waals surface area contributed by atoms with Crippen LogP contribution in [0.3, 0.4) is 0 Å². The largest absolute Gasteiger partial charge is 0.497 e. The van der Waals surface area contributed by atoms with Gasteiger partial charge in [0.2, 0.25) is 21.8 Å². The Hall–Kier alpha value is -9.48. The Bertz CT molecular complexity index is 3680. The Morgan fingerprint density at radius 2 is 0.987 bits per heavy atom. The van der Waals surface area contributed by atoms with Gasteiger partial charge in [-0.05, 0) is 84.9 Å². The Balaban J connectivity index is 0.000000226. The van der Waals surface area contributed by atoms with E-state index in [0.717, 1.165) is 8.61 Å². The molecule has 4 unspecified atom stereocenters. The van der Waals surface area contributed by atoms with E-state index in [1.165, 1.54) is 90.8 Å². The molecule has 6 aromatic carbocycles. The van der Waals surface area contributed by atoms with Gasteiger partial charge in [0, 0.05) is 47.5 Å². The number of ketones is 2. The van der Waals surface area contributed by atoms with Crippen LogP contribution in [-0.4, -0.2) is 89.3 Å². The molecule has 2 aliphatic heterocycles. The molecule has 0 saturated carbocycles. The molecule has 78 heavy (non-hydrogen) atoms. The van der Waals surface area contributed by atoms with E-state index < -0.39 is 55.7 Å². The summed E-state index contributed by atoms with van der Waals surface area (Å²) in [6.45, 7) is 2.66. The van der Waals surface area contributed by atoms with E-state index in [2.05, 4.69) is 10.6 Å². The molecule has 6 aromatic rings. The predicted octanol–water partition coefficient (Wildman–Crippen LogP) is 6.79. The first-order valence-electron chi connectivity index (χ1n) is 23.5. The molecule has 20 nitrogen and oxygen atoms in total. The Morgan fingerprint density at radius 1 is 0.551 bits per heavy atom. The second-order valence-electron chi connectivity index (χ2n) is 17.3. The van der Waals surface area contributed by atoms with Crippen LogP contribution in [0.2, 0.25) is 0 Å². The number of carbonyl (C=O) groups excluding carboxylic acids is 4. The van der Waals surface area contributed by atoms with Crippen molar-refractivity contribution in [2.24, 2.45) is 11.5 Å². The lowest BCUT2D eigenvalue weighted by molar-refractivity contribution is -0.115. The molecule has 8 rings (SSSR count). The number of carbonyl (C=O) groups is 4. The molecule has 0 bridgehead atoms. The molecular weight excluding hydrogens is 1040 g/mol. The number of nitrogens with two attached hydrogens (primary N) is 2. The molecule has 2 heterocycles. The monoisotopic (exact) mass is 1090 g/mol. The van der Waals surface area contributed by atoms with Crippen molar-refractivity contribution in [2.45, 2.75) is 47.7 Å². The first kappa shape index (κ1) is 56.3. The average molecular weight is 1090 g/mol. The molecule has 0 aromatic heterocycles. The van der Waals surface area contributed by atoms with Crippen molar-refractivity contribution in [2.75, 3.05) is 39.1 Å². The zero-order valence-electron chi connectivity index (χ0n) is 42.8. The quantitative estimate of drug-likeness (QED) is 0.0725. The molecule has 2 amide bonds. The number of sulfonamides is 2. The van der Waals surface area contributed by atoms with Crippen molar-refractivity contribution < 1.29 is 55.0 Å². The highest BCUT2D eigenvalue weighted by atomic mass is 32.2. The van der Waals surface area contributed by atoms with Gasteiger partial charge in [0.25, 0.3) is 10.0 Å². The lowest BCUT2D eigenvalue weighted by Gasteiger charge is -2.31. The number of rotatable bonds is 16. The molecule has 0 radical (unpaired) electrons. The van der Waals surface area contributed by atoms with Gasteiger partial charge in [-0.15, -0.1) is 0 Å². The Kier molecular flexibility index (Phi) is 17.0. The van der Waals surface area contributed by atoms with Gasteiger partial charge in [0.15, 0.2) is 11.6 Å². The third kappa shape index (κ3) is 11.1. The van der Waals surface area contributed by atoms with Gasteiger partial charge < -0.3 is 41.0 Å². The highest BCUT2D eigenvalue weighted by Crippen LogP contribution is 2.49. The molecule has 0 spiro atoms. The highest BCUT2D eigenvalue weighted by Gasteiger charge is 2.53. The second-order valence-corrected chi connectivity index (χ2v) is 21.0. The van der Waals surface area contributed by atoms with Crippen LogP contribution in [0.15, 0.2) is 178 Å². The van der Waals surface area contributed by atoms with E-state index >= 15 is 0 Å². The van der Waals surface area contributed by atoms with Gasteiger partial charge in [-0.2, -0.15) is 14.8 Å². The van der Waals surface area contributed by atoms with Crippen molar-refractivity contribution in [1.29, 1.82) is 10.5 Å². The molecule has 2 aliphatic rings. The second kappa shape index (κ2) is 23.6. The lowest BCUT2D eigenvalue weighted by atomic mass is 9.83. The highest BCUT2D eigenvalue weighted by molar-refractivity contribution is 7.89. The maximum atomic E-state index is 14.3. The van der Waals surface area contributed by atoms with Gasteiger partial charge in [0.1, 0.15) is 40.9 Å². The van der Waals surface area contributed by atoms with Crippen molar-refractivity contribution in [1.82, 2.24) is 8.61 Å². The SMILES string of the molecule is COc1ccc(OC)c(C2C(C#N)=C(N)C(C(=O)c3ccccc3)N2S(=O)(=O)c2ccc(NC(C)=O)cc2)c1.COc1ccc(OC)c(C2C(C#N)=C(N)N(S(=O)(=O)c3ccc(NC(C)=O)cc3)C2C(=O)c2ccccc2)c1. The Labute approximate surface area is 450 Å². The zero-order valence-corrected chi connectivity index (χ0v) is 44.5. The number of methoxy groups -OCH3 is 4. The van der Waals surface area contributed by atoms with Crippen molar-refractivity contribution in [3.63, 3.8) is 0 Å². The summed E-state index contributed by atoms with van der Waals surface area (Å²) in [5, 5.41) is 25.5. The van der Waals surface area contributed by atoms with E-state index in [1.807, 2.05) is 12.1 Å². The third-order valence-electron chi connectivity index (χ3n) is 12.6. The van der Waals surface area contributed by atoms with E-state index in [-0.39, 0.29) is 66.7 Å². The molecule has 0 fully saturated rings. The maximum absolute atomic E-state index is 14.3. The molecule has 6 N–H and O–H groups in total. The summed E-state index contributed by atoms with van der Waals surface area (Å²) in [5.74, 6) is -1.85. The van der Waals surface area contributed by atoms with Crippen LogP contribution in [0.1, 0.15) is 57.7 Å². The molecule has 0 aliphatic carbocycles. The number of nitrogens with one attached hydrogen (secondary N) is 2. The van der Waals surface area contributed by atoms with Crippen LogP contribution < -0.4 is 41.0 Å². The summed E-state index contributed by atoms with van der Waals surface area (Å²) in [6, 6.07) is 36.6. The average Bonchev–Trinajstić information content (AvgIpc) is 3.94. The molecule has 4 atom stereocenters. The first-order chi connectivity index (χ1) is 37.3. The number of hydrogen-bond acceptors (Lipinski definition) is 16. The van der Waals surface area contributed by atoms with E-state index in [0.29, 0.717) is 34.2 Å². The lowest BCUT2D eigenvalue weighted by Crippen LogP contribution is -2.45. The van der Waals surface area contributed by atoms with Crippen LogP contribution in [0.5, 0.6) is 23.0 Å². The minimum atomic E-state index is -4.47. The molecule has 0 saturated heterocycles. The van der Waals surface area contributed by atoms with Crippen molar-refractivity contribution in [3.05, 3.63) is 191 Å². The van der Waals surface area contributed by atoms with Gasteiger partial charge in [0.05, 0.1) is 79.2 Å². The number of nitrogens with zero attached hydrogens (tertiary/aromatic N) is 4. The van der Waals surface area contributed by atoms with Crippen LogP contribution in [0, 0.1) is 22.7 Å². The van der Waals surface area contributed by atoms with Crippen molar-refractivity contribution >= 4 is 54.8 Å². The van der Waals surface area contributed by atoms with Crippen molar-refractivity contribution in [3.8, 4) is 35.1 Å². The Morgan fingerprint density at radius 3 is 1.42 bits per heavy atom. The fraction of sp³-hybridized carbons (Fsp3) is 0.179. The van der Waals surface area contributed by atoms with Gasteiger partial charge in [-0.1, -0.05) is 60.7 Å². The summed E-state index contributed by atoms with van der Waals surface area (Å²) < 4.78 is 80.2. The number of anilines is 2. The van der Waals surface area contributed by atoms with Crippen LogP contribution >= 0.6 is 0 Å². The maximum Gasteiger partial charge on any atom is 0.266 e. The number of ether oxygens (including phenoxy) is 4. The summed E-state index contributed by atoms with van der Waals surface area (Å²) in [5.41, 5.74) is 14.3. The van der Waals surface area contributed by atoms with Gasteiger partial charge >= 0.3 is 0 Å². The normalized spacial score (nSPS) is 17.2. The fourth-order valence-corrected chi connectivity index (χ4v) is 12.4. The van der Waals surface area contributed by atoms with E-state index in [4.69, 9.17) is 30.4 Å². The first-order valence-corrected chi connectivity index (χ1v) is 26.4. The number of nitriles is 2. The molecule has 400 valence electrons. The number of benzene rings is 6. The molecule has 22 heteroatoms. The number of amides is 2. The summed E-state index contributed by atoms with van der Waals surface area (Å²) >= 11 is 0. The summed E-state index contributed by atoms with van der Waals surface area (Å²) in [4.78, 5) is 50.3. The smallest absolute Gasteiger partial charge is 0.266 e. The zero-order chi connectivity index (χ0) is 56.6. The minimum absolute atomic E-state index is 0.103.